The first-order valence-corrected chi connectivity index (χ1v) is 13.9. The highest BCUT2D eigenvalue weighted by molar-refractivity contribution is 6.30. The summed E-state index contributed by atoms with van der Waals surface area (Å²) < 4.78 is 2.11. The smallest absolute Gasteiger partial charge is 0.229 e. The first-order chi connectivity index (χ1) is 18.6. The molecule has 2 atom stereocenters. The molecule has 3 fully saturated rings. The van der Waals surface area contributed by atoms with Crippen molar-refractivity contribution >= 4 is 40.7 Å². The maximum Gasteiger partial charge on any atom is 0.229 e. The van der Waals surface area contributed by atoms with Crippen LogP contribution in [0.3, 0.4) is 0 Å². The van der Waals surface area contributed by atoms with E-state index in [9.17, 15) is 4.79 Å². The lowest BCUT2D eigenvalue weighted by Gasteiger charge is -2.17. The van der Waals surface area contributed by atoms with E-state index in [2.05, 4.69) is 44.5 Å². The van der Waals surface area contributed by atoms with Gasteiger partial charge in [-0.3, -0.25) is 4.79 Å². The number of carbonyl (C=O) groups is 1. The van der Waals surface area contributed by atoms with E-state index >= 15 is 0 Å². The first kappa shape index (κ1) is 23.5. The number of hydrogen-bond donors (Lipinski definition) is 2. The van der Waals surface area contributed by atoms with Gasteiger partial charge in [-0.05, 0) is 73.3 Å². The molecule has 1 amide bonds. The van der Waals surface area contributed by atoms with Gasteiger partial charge in [0.05, 0.1) is 12.2 Å². The van der Waals surface area contributed by atoms with Gasteiger partial charge in [-0.1, -0.05) is 29.8 Å². The summed E-state index contributed by atoms with van der Waals surface area (Å²) in [5.74, 6) is 2.66. The number of hydrogen-bond acceptors (Lipinski definition) is 6. The van der Waals surface area contributed by atoms with Crippen molar-refractivity contribution in [2.75, 3.05) is 28.6 Å². The molecule has 4 heterocycles. The number of aromatic nitrogens is 4. The zero-order chi connectivity index (χ0) is 25.6. The Morgan fingerprint density at radius 2 is 1.82 bits per heavy atom. The summed E-state index contributed by atoms with van der Waals surface area (Å²) in [4.78, 5) is 29.5. The molecule has 1 aromatic carbocycles. The SMILES string of the molecule is O=C(Nc1cc(NCc2cn3cc(C4CC4)ccc3n2)nc(N2CCCC2)n1)C1CC1c1cccc(Cl)c1. The lowest BCUT2D eigenvalue weighted by molar-refractivity contribution is -0.117. The Labute approximate surface area is 226 Å². The van der Waals surface area contributed by atoms with Crippen LogP contribution in [-0.2, 0) is 11.3 Å². The molecule has 8 nitrogen and oxygen atoms in total. The maximum atomic E-state index is 13.1. The largest absolute Gasteiger partial charge is 0.364 e. The van der Waals surface area contributed by atoms with Gasteiger partial charge in [0.2, 0.25) is 11.9 Å². The molecular weight excluding hydrogens is 498 g/mol. The average molecular weight is 528 g/mol. The highest BCUT2D eigenvalue weighted by Gasteiger charge is 2.44. The van der Waals surface area contributed by atoms with Crippen molar-refractivity contribution in [3.8, 4) is 0 Å². The van der Waals surface area contributed by atoms with E-state index in [1.165, 1.54) is 18.4 Å². The van der Waals surface area contributed by atoms with E-state index in [0.29, 0.717) is 35.1 Å². The second-order valence-corrected chi connectivity index (χ2v) is 11.1. The van der Waals surface area contributed by atoms with Crippen LogP contribution < -0.4 is 15.5 Å². The monoisotopic (exact) mass is 527 g/mol. The Balaban J connectivity index is 1.07. The van der Waals surface area contributed by atoms with E-state index < -0.39 is 0 Å². The highest BCUT2D eigenvalue weighted by Crippen LogP contribution is 2.48. The van der Waals surface area contributed by atoms with Gasteiger partial charge < -0.3 is 19.9 Å². The molecule has 0 radical (unpaired) electrons. The van der Waals surface area contributed by atoms with Crippen LogP contribution in [0.2, 0.25) is 5.02 Å². The van der Waals surface area contributed by atoms with Gasteiger partial charge >= 0.3 is 0 Å². The van der Waals surface area contributed by atoms with E-state index in [0.717, 1.165) is 49.3 Å². The Bertz CT molecular complexity index is 1510. The molecule has 2 aliphatic carbocycles. The second kappa shape index (κ2) is 9.58. The van der Waals surface area contributed by atoms with E-state index in [4.69, 9.17) is 26.6 Å². The average Bonchev–Trinajstić information content (AvgIpc) is 3.83. The topological polar surface area (TPSA) is 87.5 Å². The van der Waals surface area contributed by atoms with Crippen molar-refractivity contribution < 1.29 is 4.79 Å². The van der Waals surface area contributed by atoms with Crippen LogP contribution in [0.25, 0.3) is 5.65 Å². The molecule has 3 aliphatic rings. The number of halogens is 1. The summed E-state index contributed by atoms with van der Waals surface area (Å²) in [6.07, 6.45) is 9.89. The van der Waals surface area contributed by atoms with Crippen molar-refractivity contribution in [1.29, 1.82) is 0 Å². The zero-order valence-corrected chi connectivity index (χ0v) is 21.9. The van der Waals surface area contributed by atoms with Gasteiger partial charge in [0.25, 0.3) is 0 Å². The molecule has 7 rings (SSSR count). The Hall–Kier alpha value is -3.65. The first-order valence-electron chi connectivity index (χ1n) is 13.5. The van der Waals surface area contributed by atoms with Crippen molar-refractivity contribution in [3.63, 3.8) is 0 Å². The van der Waals surface area contributed by atoms with Crippen LogP contribution in [0.15, 0.2) is 54.9 Å². The van der Waals surface area contributed by atoms with Gasteiger partial charge in [-0.2, -0.15) is 9.97 Å². The molecular formula is C29H30ClN7O. The van der Waals surface area contributed by atoms with Crippen molar-refractivity contribution in [1.82, 2.24) is 19.4 Å². The van der Waals surface area contributed by atoms with E-state index in [-0.39, 0.29) is 17.7 Å². The normalized spacial score (nSPS) is 20.6. The fourth-order valence-corrected chi connectivity index (χ4v) is 5.64. The molecule has 4 aromatic rings. The number of benzene rings is 1. The number of anilines is 3. The molecule has 3 aromatic heterocycles. The van der Waals surface area contributed by atoms with Crippen LogP contribution in [-0.4, -0.2) is 38.3 Å². The third-order valence-electron chi connectivity index (χ3n) is 7.78. The molecule has 38 heavy (non-hydrogen) atoms. The van der Waals surface area contributed by atoms with Gasteiger partial charge in [0.15, 0.2) is 0 Å². The molecule has 0 spiro atoms. The second-order valence-electron chi connectivity index (χ2n) is 10.7. The summed E-state index contributed by atoms with van der Waals surface area (Å²) in [5, 5.41) is 7.17. The number of amides is 1. The number of nitrogens with one attached hydrogen (secondary N) is 2. The number of pyridine rings is 1. The lowest BCUT2D eigenvalue weighted by Crippen LogP contribution is -2.23. The number of fused-ring (bicyclic) bond motifs is 1. The van der Waals surface area contributed by atoms with Crippen LogP contribution in [0.4, 0.5) is 17.6 Å². The van der Waals surface area contributed by atoms with Gasteiger partial charge in [0.1, 0.15) is 17.3 Å². The quantitative estimate of drug-likeness (QED) is 0.310. The van der Waals surface area contributed by atoms with Crippen LogP contribution in [0.1, 0.15) is 60.8 Å². The summed E-state index contributed by atoms with van der Waals surface area (Å²) in [6, 6.07) is 13.9. The Kier molecular flexibility index (Phi) is 5.92. The molecule has 1 aliphatic heterocycles. The van der Waals surface area contributed by atoms with Crippen molar-refractivity contribution in [2.24, 2.45) is 5.92 Å². The van der Waals surface area contributed by atoms with Crippen LogP contribution >= 0.6 is 11.6 Å². The highest BCUT2D eigenvalue weighted by atomic mass is 35.5. The predicted octanol–water partition coefficient (Wildman–Crippen LogP) is 5.61. The van der Waals surface area contributed by atoms with Gasteiger partial charge in [-0.15, -0.1) is 0 Å². The summed E-state index contributed by atoms with van der Waals surface area (Å²) in [5.41, 5.74) is 4.37. The molecule has 0 bridgehead atoms. The van der Waals surface area contributed by atoms with E-state index in [1.54, 1.807) is 0 Å². The Morgan fingerprint density at radius 3 is 2.63 bits per heavy atom. The van der Waals surface area contributed by atoms with Gasteiger partial charge in [0, 0.05) is 42.5 Å². The third-order valence-corrected chi connectivity index (χ3v) is 8.02. The molecule has 2 saturated carbocycles. The minimum Gasteiger partial charge on any atom is -0.364 e. The molecule has 2 unspecified atom stereocenters. The maximum absolute atomic E-state index is 13.1. The number of carbonyl (C=O) groups excluding carboxylic acids is 1. The van der Waals surface area contributed by atoms with Crippen LogP contribution in [0, 0.1) is 5.92 Å². The van der Waals surface area contributed by atoms with Crippen LogP contribution in [0.5, 0.6) is 0 Å². The fraction of sp³-hybridized carbons (Fsp3) is 0.379. The van der Waals surface area contributed by atoms with E-state index in [1.807, 2.05) is 30.3 Å². The standard InChI is InChI=1S/C29H30ClN7O/c30-21-5-3-4-19(12-21)23-13-24(23)28(38)33-26-14-25(34-29(35-26)36-10-1-2-11-36)31-15-22-17-37-16-20(18-6-7-18)8-9-27(37)32-22/h3-5,8-9,12,14,16-18,23-24H,1-2,6-7,10-11,13,15H2,(H2,31,33,34,35,38). The van der Waals surface area contributed by atoms with Gasteiger partial charge in [-0.25, -0.2) is 4.98 Å². The number of rotatable bonds is 8. The third kappa shape index (κ3) is 4.92. The molecule has 2 N–H and O–H groups in total. The minimum absolute atomic E-state index is 0.0150. The zero-order valence-electron chi connectivity index (χ0n) is 21.1. The summed E-state index contributed by atoms with van der Waals surface area (Å²) >= 11 is 6.15. The fourth-order valence-electron chi connectivity index (χ4n) is 5.44. The molecule has 1 saturated heterocycles. The lowest BCUT2D eigenvalue weighted by atomic mass is 10.1. The molecule has 194 valence electrons. The molecule has 9 heteroatoms. The number of nitrogens with zero attached hydrogens (tertiary/aromatic N) is 5. The summed E-state index contributed by atoms with van der Waals surface area (Å²) in [6.45, 7) is 2.38. The minimum atomic E-state index is -0.0754. The van der Waals surface area contributed by atoms with Crippen molar-refractivity contribution in [3.05, 3.63) is 76.7 Å². The Morgan fingerprint density at radius 1 is 0.974 bits per heavy atom. The number of imidazole rings is 1. The van der Waals surface area contributed by atoms with Crippen molar-refractivity contribution in [2.45, 2.75) is 50.5 Å². The summed E-state index contributed by atoms with van der Waals surface area (Å²) in [7, 11) is 0. The predicted molar refractivity (Wildman–Crippen MR) is 149 cm³/mol.